The fourth-order valence-corrected chi connectivity index (χ4v) is 1.43. The average molecular weight is 235 g/mol. The minimum atomic E-state index is -0.556. The van der Waals surface area contributed by atoms with Crippen LogP contribution in [0.25, 0.3) is 0 Å². The molecule has 0 aliphatic heterocycles. The van der Waals surface area contributed by atoms with Gasteiger partial charge >= 0.3 is 0 Å². The van der Waals surface area contributed by atoms with Crippen molar-refractivity contribution in [3.05, 3.63) is 58.2 Å². The summed E-state index contributed by atoms with van der Waals surface area (Å²) in [5.74, 6) is -0.512. The van der Waals surface area contributed by atoms with E-state index in [0.29, 0.717) is 6.54 Å². The van der Waals surface area contributed by atoms with E-state index in [1.807, 2.05) is 12.1 Å². The highest BCUT2D eigenvalue weighted by molar-refractivity contribution is 5.52. The summed E-state index contributed by atoms with van der Waals surface area (Å²) in [6.07, 6.45) is 1.75. The van der Waals surface area contributed by atoms with Crippen LogP contribution in [0, 0.1) is 15.9 Å². The van der Waals surface area contributed by atoms with Gasteiger partial charge in [0.1, 0.15) is 5.82 Å². The summed E-state index contributed by atoms with van der Waals surface area (Å²) in [6, 6.07) is 7.05. The summed E-state index contributed by atoms with van der Waals surface area (Å²) >= 11 is 0. The molecule has 1 heterocycles. The van der Waals surface area contributed by atoms with Crippen LogP contribution in [0.2, 0.25) is 0 Å². The van der Waals surface area contributed by atoms with Crippen LogP contribution in [-0.2, 0) is 6.54 Å². The number of nitro groups is 1. The molecule has 2 N–H and O–H groups in total. The smallest absolute Gasteiger partial charge is 0.271 e. The first-order valence-electron chi connectivity index (χ1n) is 4.97. The van der Waals surface area contributed by atoms with E-state index in [2.05, 4.69) is 10.3 Å². The molecule has 1 aromatic carbocycles. The first-order valence-corrected chi connectivity index (χ1v) is 4.97. The molecule has 0 aliphatic rings. The molecule has 0 fully saturated rings. The summed E-state index contributed by atoms with van der Waals surface area (Å²) < 4.78 is 13.4. The van der Waals surface area contributed by atoms with E-state index in [4.69, 9.17) is 0 Å². The summed E-state index contributed by atoms with van der Waals surface area (Å²) in [7, 11) is 0. The number of halogens is 1. The maximum absolute atomic E-state index is 13.4. The number of anilines is 1. The van der Waals surface area contributed by atoms with E-state index < -0.39 is 10.7 Å². The Labute approximate surface area is 96.4 Å². The van der Waals surface area contributed by atoms with Crippen molar-refractivity contribution in [2.45, 2.75) is 6.54 Å². The number of aromatic amines is 1. The Kier molecular flexibility index (Phi) is 3.04. The largest absolute Gasteiger partial charge is 0.377 e. The zero-order chi connectivity index (χ0) is 12.3. The molecule has 0 spiro atoms. The number of nitro benzene ring substituents is 1. The van der Waals surface area contributed by atoms with Crippen molar-refractivity contribution in [2.75, 3.05) is 5.32 Å². The highest BCUT2D eigenvalue weighted by Crippen LogP contribution is 2.21. The first kappa shape index (κ1) is 11.1. The van der Waals surface area contributed by atoms with Gasteiger partial charge in [-0.15, -0.1) is 0 Å². The second-order valence-corrected chi connectivity index (χ2v) is 3.47. The molecule has 0 unspecified atom stereocenters. The van der Waals surface area contributed by atoms with Crippen LogP contribution in [0.1, 0.15) is 5.69 Å². The Morgan fingerprint density at radius 3 is 2.88 bits per heavy atom. The van der Waals surface area contributed by atoms with Crippen LogP contribution in [0.3, 0.4) is 0 Å². The summed E-state index contributed by atoms with van der Waals surface area (Å²) in [6.45, 7) is 0.380. The Morgan fingerprint density at radius 2 is 2.24 bits per heavy atom. The Morgan fingerprint density at radius 1 is 1.41 bits per heavy atom. The summed E-state index contributed by atoms with van der Waals surface area (Å²) in [4.78, 5) is 12.9. The molecule has 5 nitrogen and oxygen atoms in total. The van der Waals surface area contributed by atoms with Crippen LogP contribution in [-0.4, -0.2) is 9.91 Å². The van der Waals surface area contributed by atoms with Crippen molar-refractivity contribution in [1.29, 1.82) is 0 Å². The molecule has 17 heavy (non-hydrogen) atoms. The number of nitrogens with one attached hydrogen (secondary N) is 2. The quantitative estimate of drug-likeness (QED) is 0.632. The molecular weight excluding hydrogens is 225 g/mol. The molecular formula is C11H10FN3O2. The third-order valence-corrected chi connectivity index (χ3v) is 2.29. The maximum Gasteiger partial charge on any atom is 0.271 e. The predicted octanol–water partition coefficient (Wildman–Crippen LogP) is 2.67. The topological polar surface area (TPSA) is 71.0 Å². The van der Waals surface area contributed by atoms with Crippen molar-refractivity contribution in [3.8, 4) is 0 Å². The molecule has 0 radical (unpaired) electrons. The van der Waals surface area contributed by atoms with Crippen molar-refractivity contribution in [1.82, 2.24) is 4.98 Å². The lowest BCUT2D eigenvalue weighted by Crippen LogP contribution is -2.02. The third-order valence-electron chi connectivity index (χ3n) is 2.29. The molecule has 0 aliphatic carbocycles. The van der Waals surface area contributed by atoms with Crippen molar-refractivity contribution >= 4 is 11.4 Å². The van der Waals surface area contributed by atoms with Crippen LogP contribution in [0.5, 0.6) is 0 Å². The number of rotatable bonds is 4. The van der Waals surface area contributed by atoms with E-state index >= 15 is 0 Å². The minimum Gasteiger partial charge on any atom is -0.377 e. The molecule has 0 saturated heterocycles. The summed E-state index contributed by atoms with van der Waals surface area (Å²) in [5, 5.41) is 13.3. The fraction of sp³-hybridized carbons (Fsp3) is 0.0909. The van der Waals surface area contributed by atoms with Gasteiger partial charge in [-0.2, -0.15) is 0 Å². The van der Waals surface area contributed by atoms with Crippen molar-refractivity contribution < 1.29 is 9.31 Å². The van der Waals surface area contributed by atoms with E-state index in [1.165, 1.54) is 6.07 Å². The lowest BCUT2D eigenvalue weighted by atomic mass is 10.2. The Hall–Kier alpha value is -2.37. The van der Waals surface area contributed by atoms with E-state index in [0.717, 1.165) is 17.8 Å². The average Bonchev–Trinajstić information content (AvgIpc) is 2.80. The van der Waals surface area contributed by atoms with Crippen LogP contribution in [0.4, 0.5) is 15.8 Å². The standard InChI is InChI=1S/C11H10FN3O2/c12-10-4-3-9(15(16)17)6-11(10)14-7-8-2-1-5-13-8/h1-6,13-14H,7H2. The Bertz CT molecular complexity index is 526. The monoisotopic (exact) mass is 235 g/mol. The molecule has 2 rings (SSSR count). The van der Waals surface area contributed by atoms with Gasteiger partial charge in [-0.25, -0.2) is 4.39 Å². The van der Waals surface area contributed by atoms with Crippen LogP contribution < -0.4 is 5.32 Å². The van der Waals surface area contributed by atoms with Gasteiger partial charge < -0.3 is 10.3 Å². The highest BCUT2D eigenvalue weighted by atomic mass is 19.1. The second-order valence-electron chi connectivity index (χ2n) is 3.47. The van der Waals surface area contributed by atoms with Crippen molar-refractivity contribution in [2.24, 2.45) is 0 Å². The van der Waals surface area contributed by atoms with Gasteiger partial charge in [-0.3, -0.25) is 10.1 Å². The van der Waals surface area contributed by atoms with Crippen LogP contribution in [0.15, 0.2) is 36.5 Å². The predicted molar refractivity (Wildman–Crippen MR) is 61.2 cm³/mol. The molecule has 88 valence electrons. The fourth-order valence-electron chi connectivity index (χ4n) is 1.43. The van der Waals surface area contributed by atoms with Gasteiger partial charge in [0.2, 0.25) is 0 Å². The zero-order valence-corrected chi connectivity index (χ0v) is 8.81. The highest BCUT2D eigenvalue weighted by Gasteiger charge is 2.10. The normalized spacial score (nSPS) is 10.2. The van der Waals surface area contributed by atoms with Gasteiger partial charge in [-0.1, -0.05) is 0 Å². The first-order chi connectivity index (χ1) is 8.16. The van der Waals surface area contributed by atoms with Gasteiger partial charge in [0.05, 0.1) is 17.2 Å². The Balaban J connectivity index is 2.14. The van der Waals surface area contributed by atoms with Gasteiger partial charge in [0.15, 0.2) is 0 Å². The van der Waals surface area contributed by atoms with E-state index in [1.54, 1.807) is 6.20 Å². The number of benzene rings is 1. The lowest BCUT2D eigenvalue weighted by molar-refractivity contribution is -0.384. The SMILES string of the molecule is O=[N+]([O-])c1ccc(F)c(NCc2ccc[nH]2)c1. The van der Waals surface area contributed by atoms with Crippen molar-refractivity contribution in [3.63, 3.8) is 0 Å². The lowest BCUT2D eigenvalue weighted by Gasteiger charge is -2.06. The number of hydrogen-bond acceptors (Lipinski definition) is 3. The van der Waals surface area contributed by atoms with E-state index in [9.17, 15) is 14.5 Å². The number of nitrogens with zero attached hydrogens (tertiary/aromatic N) is 1. The van der Waals surface area contributed by atoms with Gasteiger partial charge in [-0.05, 0) is 18.2 Å². The molecule has 0 atom stereocenters. The zero-order valence-electron chi connectivity index (χ0n) is 8.81. The molecule has 0 bridgehead atoms. The third kappa shape index (κ3) is 2.60. The van der Waals surface area contributed by atoms with Gasteiger partial charge in [0, 0.05) is 24.0 Å². The minimum absolute atomic E-state index is 0.119. The number of aromatic nitrogens is 1. The molecule has 6 heteroatoms. The number of hydrogen-bond donors (Lipinski definition) is 2. The van der Waals surface area contributed by atoms with Gasteiger partial charge in [0.25, 0.3) is 5.69 Å². The maximum atomic E-state index is 13.4. The molecule has 2 aromatic rings. The number of H-pyrrole nitrogens is 1. The second kappa shape index (κ2) is 4.65. The van der Waals surface area contributed by atoms with E-state index in [-0.39, 0.29) is 11.4 Å². The summed E-state index contributed by atoms with van der Waals surface area (Å²) in [5.41, 5.74) is 0.852. The molecule has 0 saturated carbocycles. The van der Waals surface area contributed by atoms with Crippen LogP contribution >= 0.6 is 0 Å². The molecule has 0 amide bonds. The number of non-ortho nitro benzene ring substituents is 1. The molecule has 1 aromatic heterocycles.